The van der Waals surface area contributed by atoms with E-state index >= 15 is 0 Å². The van der Waals surface area contributed by atoms with Gasteiger partial charge in [0.25, 0.3) is 0 Å². The van der Waals surface area contributed by atoms with Crippen LogP contribution in [0.25, 0.3) is 11.3 Å². The van der Waals surface area contributed by atoms with Crippen molar-refractivity contribution in [2.45, 2.75) is 38.1 Å². The number of rotatable bonds is 3. The molecule has 104 valence electrons. The van der Waals surface area contributed by atoms with Crippen LogP contribution in [-0.2, 0) is 0 Å². The van der Waals surface area contributed by atoms with Crippen LogP contribution < -0.4 is 0 Å². The second-order valence-corrected chi connectivity index (χ2v) is 6.25. The monoisotopic (exact) mass is 332 g/mol. The molecule has 3 nitrogen and oxygen atoms in total. The fourth-order valence-electron chi connectivity index (χ4n) is 2.86. The van der Waals surface area contributed by atoms with E-state index in [-0.39, 0.29) is 0 Å². The van der Waals surface area contributed by atoms with Crippen molar-refractivity contribution in [1.29, 1.82) is 0 Å². The van der Waals surface area contributed by atoms with Gasteiger partial charge < -0.3 is 0 Å². The van der Waals surface area contributed by atoms with Gasteiger partial charge in [0, 0.05) is 16.2 Å². The van der Waals surface area contributed by atoms with Gasteiger partial charge in [0.05, 0.1) is 11.6 Å². The molecule has 3 rings (SSSR count). The van der Waals surface area contributed by atoms with E-state index in [4.69, 9.17) is 0 Å². The molecule has 1 fully saturated rings. The number of aldehydes is 1. The molecule has 0 bridgehead atoms. The molecule has 0 N–H and O–H groups in total. The number of aromatic nitrogens is 2. The molecular weight excluding hydrogens is 316 g/mol. The third-order valence-corrected chi connectivity index (χ3v) is 4.48. The molecule has 0 unspecified atom stereocenters. The minimum absolute atomic E-state index is 0.451. The molecule has 4 heteroatoms. The first kappa shape index (κ1) is 13.6. The van der Waals surface area contributed by atoms with Gasteiger partial charge in [0.15, 0.2) is 6.29 Å². The summed E-state index contributed by atoms with van der Waals surface area (Å²) in [5.41, 5.74) is 2.46. The zero-order valence-corrected chi connectivity index (χ0v) is 12.8. The van der Waals surface area contributed by atoms with Gasteiger partial charge in [-0.05, 0) is 25.0 Å². The third kappa shape index (κ3) is 2.70. The molecule has 0 amide bonds. The molecule has 1 saturated carbocycles. The van der Waals surface area contributed by atoms with Crippen molar-refractivity contribution in [3.05, 3.63) is 40.5 Å². The highest BCUT2D eigenvalue weighted by atomic mass is 79.9. The Hall–Kier alpha value is -1.42. The van der Waals surface area contributed by atoms with Gasteiger partial charge in [-0.1, -0.05) is 47.3 Å². The molecular formula is C16H17BrN2O. The molecule has 1 aliphatic carbocycles. The van der Waals surface area contributed by atoms with Gasteiger partial charge in [-0.25, -0.2) is 0 Å². The van der Waals surface area contributed by atoms with Crippen molar-refractivity contribution < 1.29 is 4.79 Å². The van der Waals surface area contributed by atoms with E-state index in [0.717, 1.165) is 22.0 Å². The first-order valence-corrected chi connectivity index (χ1v) is 7.87. The Morgan fingerprint density at radius 2 is 1.85 bits per heavy atom. The molecule has 1 aromatic carbocycles. The van der Waals surface area contributed by atoms with Crippen LogP contribution in [0.5, 0.6) is 0 Å². The summed E-state index contributed by atoms with van der Waals surface area (Å²) in [5, 5.41) is 4.67. The van der Waals surface area contributed by atoms with Crippen LogP contribution >= 0.6 is 15.9 Å². The zero-order chi connectivity index (χ0) is 13.9. The molecule has 0 spiro atoms. The molecule has 0 atom stereocenters. The van der Waals surface area contributed by atoms with Crippen molar-refractivity contribution in [1.82, 2.24) is 9.78 Å². The van der Waals surface area contributed by atoms with Gasteiger partial charge in [-0.2, -0.15) is 5.10 Å². The molecule has 20 heavy (non-hydrogen) atoms. The fraction of sp³-hybridized carbons (Fsp3) is 0.375. The maximum absolute atomic E-state index is 11.3. The zero-order valence-electron chi connectivity index (χ0n) is 11.3. The van der Waals surface area contributed by atoms with Gasteiger partial charge in [0.2, 0.25) is 0 Å². The third-order valence-electron chi connectivity index (χ3n) is 3.95. The summed E-state index contributed by atoms with van der Waals surface area (Å²) in [6.07, 6.45) is 8.98. The first-order valence-electron chi connectivity index (χ1n) is 7.08. The van der Waals surface area contributed by atoms with Gasteiger partial charge >= 0.3 is 0 Å². The van der Waals surface area contributed by atoms with Gasteiger partial charge in [-0.15, -0.1) is 0 Å². The van der Waals surface area contributed by atoms with E-state index in [1.165, 1.54) is 32.1 Å². The minimum Gasteiger partial charge on any atom is -0.298 e. The van der Waals surface area contributed by atoms with Crippen LogP contribution in [0.3, 0.4) is 0 Å². The van der Waals surface area contributed by atoms with Crippen LogP contribution in [0, 0.1) is 0 Å². The average molecular weight is 333 g/mol. The predicted octanol–water partition coefficient (Wildman–Crippen LogP) is 4.63. The first-order chi connectivity index (χ1) is 9.78. The lowest BCUT2D eigenvalue weighted by Gasteiger charge is -2.21. The average Bonchev–Trinajstić information content (AvgIpc) is 2.93. The number of hydrogen-bond acceptors (Lipinski definition) is 2. The van der Waals surface area contributed by atoms with E-state index in [2.05, 4.69) is 21.0 Å². The number of carbonyl (C=O) groups is 1. The van der Waals surface area contributed by atoms with Crippen molar-refractivity contribution in [2.75, 3.05) is 0 Å². The lowest BCUT2D eigenvalue weighted by molar-refractivity contribution is 0.112. The smallest absolute Gasteiger partial charge is 0.153 e. The minimum atomic E-state index is 0.451. The number of halogens is 1. The van der Waals surface area contributed by atoms with Crippen LogP contribution in [0.1, 0.15) is 48.5 Å². The number of carbonyl (C=O) groups excluding carboxylic acids is 1. The fourth-order valence-corrected chi connectivity index (χ4v) is 3.12. The Kier molecular flexibility index (Phi) is 4.01. The van der Waals surface area contributed by atoms with Crippen LogP contribution in [-0.4, -0.2) is 16.1 Å². The van der Waals surface area contributed by atoms with Gasteiger partial charge in [0.1, 0.15) is 5.69 Å². The Morgan fingerprint density at radius 3 is 2.50 bits per heavy atom. The van der Waals surface area contributed by atoms with Crippen molar-refractivity contribution in [3.63, 3.8) is 0 Å². The summed E-state index contributed by atoms with van der Waals surface area (Å²) < 4.78 is 3.03. The van der Waals surface area contributed by atoms with E-state index in [1.807, 2.05) is 35.1 Å². The standard InChI is InChI=1S/C16H17BrN2O/c17-14-8-6-12(7-9-14)16-13(11-20)10-19(18-16)15-4-2-1-3-5-15/h6-11,15H,1-5H2. The van der Waals surface area contributed by atoms with E-state index in [9.17, 15) is 4.79 Å². The Balaban J connectivity index is 1.95. The largest absolute Gasteiger partial charge is 0.298 e. The number of nitrogens with zero attached hydrogens (tertiary/aromatic N) is 2. The van der Waals surface area contributed by atoms with Gasteiger partial charge in [-0.3, -0.25) is 9.48 Å². The second kappa shape index (κ2) is 5.92. The molecule has 2 aromatic rings. The summed E-state index contributed by atoms with van der Waals surface area (Å²) in [4.78, 5) is 11.3. The number of benzene rings is 1. The summed E-state index contributed by atoms with van der Waals surface area (Å²) in [6.45, 7) is 0. The molecule has 1 heterocycles. The Labute approximate surface area is 127 Å². The Morgan fingerprint density at radius 1 is 1.15 bits per heavy atom. The lowest BCUT2D eigenvalue weighted by atomic mass is 9.96. The highest BCUT2D eigenvalue weighted by Crippen LogP contribution is 2.30. The maximum atomic E-state index is 11.3. The molecule has 1 aliphatic rings. The summed E-state index contributed by atoms with van der Waals surface area (Å²) in [7, 11) is 0. The highest BCUT2D eigenvalue weighted by molar-refractivity contribution is 9.10. The molecule has 0 saturated heterocycles. The van der Waals surface area contributed by atoms with Crippen molar-refractivity contribution in [3.8, 4) is 11.3 Å². The molecule has 1 aromatic heterocycles. The second-order valence-electron chi connectivity index (χ2n) is 5.33. The normalized spacial score (nSPS) is 16.2. The SMILES string of the molecule is O=Cc1cn(C2CCCCC2)nc1-c1ccc(Br)cc1. The summed E-state index contributed by atoms with van der Waals surface area (Å²) in [6, 6.07) is 8.38. The number of hydrogen-bond donors (Lipinski definition) is 0. The summed E-state index contributed by atoms with van der Waals surface area (Å²) >= 11 is 3.43. The molecule has 0 radical (unpaired) electrons. The van der Waals surface area contributed by atoms with Crippen LogP contribution in [0.15, 0.2) is 34.9 Å². The predicted molar refractivity (Wildman–Crippen MR) is 82.9 cm³/mol. The Bertz CT molecular complexity index is 597. The topological polar surface area (TPSA) is 34.9 Å². The quantitative estimate of drug-likeness (QED) is 0.768. The van der Waals surface area contributed by atoms with E-state index < -0.39 is 0 Å². The van der Waals surface area contributed by atoms with Crippen molar-refractivity contribution >= 4 is 22.2 Å². The maximum Gasteiger partial charge on any atom is 0.153 e. The van der Waals surface area contributed by atoms with Crippen LogP contribution in [0.2, 0.25) is 0 Å². The summed E-state index contributed by atoms with van der Waals surface area (Å²) in [5.74, 6) is 0. The van der Waals surface area contributed by atoms with E-state index in [0.29, 0.717) is 11.6 Å². The van der Waals surface area contributed by atoms with Crippen molar-refractivity contribution in [2.24, 2.45) is 0 Å². The van der Waals surface area contributed by atoms with Crippen LogP contribution in [0.4, 0.5) is 0 Å². The highest BCUT2D eigenvalue weighted by Gasteiger charge is 2.19. The van der Waals surface area contributed by atoms with E-state index in [1.54, 1.807) is 0 Å². The lowest BCUT2D eigenvalue weighted by Crippen LogP contribution is -2.13. The molecule has 0 aliphatic heterocycles.